The minimum atomic E-state index is -0.356. The Morgan fingerprint density at radius 1 is 1.38 bits per heavy atom. The van der Waals surface area contributed by atoms with E-state index in [0.717, 1.165) is 18.4 Å². The van der Waals surface area contributed by atoms with Crippen LogP contribution in [-0.2, 0) is 5.54 Å². The molecule has 16 heavy (non-hydrogen) atoms. The predicted molar refractivity (Wildman–Crippen MR) is 55.4 cm³/mol. The first-order valence-corrected chi connectivity index (χ1v) is 5.16. The molecule has 0 unspecified atom stereocenters. The summed E-state index contributed by atoms with van der Waals surface area (Å²) in [5.74, 6) is 0.384. The molecule has 1 aliphatic rings. The van der Waals surface area contributed by atoms with Gasteiger partial charge in [0.1, 0.15) is 5.69 Å². The third kappa shape index (κ3) is 1.46. The van der Waals surface area contributed by atoms with Gasteiger partial charge in [0.25, 0.3) is 0 Å². The molecule has 0 spiro atoms. The van der Waals surface area contributed by atoms with E-state index in [1.165, 1.54) is 6.39 Å². The number of nitrogens with zero attached hydrogens (tertiary/aromatic N) is 4. The molecule has 0 radical (unpaired) electrons. The van der Waals surface area contributed by atoms with Gasteiger partial charge >= 0.3 is 0 Å². The van der Waals surface area contributed by atoms with Crippen LogP contribution in [0, 0.1) is 0 Å². The highest BCUT2D eigenvalue weighted by Crippen LogP contribution is 2.45. The Morgan fingerprint density at radius 3 is 2.81 bits per heavy atom. The summed E-state index contributed by atoms with van der Waals surface area (Å²) in [5, 5.41) is 11.8. The van der Waals surface area contributed by atoms with Crippen LogP contribution in [-0.4, -0.2) is 20.3 Å². The zero-order valence-electron chi connectivity index (χ0n) is 8.22. The summed E-state index contributed by atoms with van der Waals surface area (Å²) in [6.45, 7) is 0. The lowest BCUT2D eigenvalue weighted by Crippen LogP contribution is -2.20. The van der Waals surface area contributed by atoms with Crippen molar-refractivity contribution in [2.45, 2.75) is 18.4 Å². The van der Waals surface area contributed by atoms with Gasteiger partial charge in [-0.05, 0) is 18.9 Å². The van der Waals surface area contributed by atoms with Crippen LogP contribution in [0.3, 0.4) is 0 Å². The van der Waals surface area contributed by atoms with Crippen molar-refractivity contribution in [2.24, 2.45) is 5.73 Å². The van der Waals surface area contributed by atoms with E-state index in [2.05, 4.69) is 24.9 Å². The molecule has 7 heteroatoms. The molecule has 2 aromatic heterocycles. The first-order chi connectivity index (χ1) is 7.69. The summed E-state index contributed by atoms with van der Waals surface area (Å²) in [7, 11) is 0. The average molecular weight is 238 g/mol. The molecule has 6 nitrogen and oxygen atoms in total. The van der Waals surface area contributed by atoms with Crippen molar-refractivity contribution >= 4 is 11.6 Å². The number of halogens is 1. The molecule has 2 aromatic rings. The van der Waals surface area contributed by atoms with Crippen LogP contribution >= 0.6 is 11.6 Å². The summed E-state index contributed by atoms with van der Waals surface area (Å²) in [5.41, 5.74) is 7.03. The Bertz CT molecular complexity index is 523. The Morgan fingerprint density at radius 2 is 2.19 bits per heavy atom. The molecule has 0 atom stereocenters. The maximum absolute atomic E-state index is 6.07. The smallest absolute Gasteiger partial charge is 0.222 e. The third-order valence-corrected chi connectivity index (χ3v) is 2.94. The molecule has 0 aliphatic heterocycles. The molecular formula is C9H8ClN5O. The molecule has 3 rings (SSSR count). The molecule has 0 bridgehead atoms. The van der Waals surface area contributed by atoms with Crippen LogP contribution in [0.4, 0.5) is 0 Å². The minimum absolute atomic E-state index is 0.340. The number of nitrogens with two attached hydrogens (primary N) is 1. The van der Waals surface area contributed by atoms with Gasteiger partial charge < -0.3 is 10.3 Å². The SMILES string of the molecule is NC1(c2cc(-c3ncon3)nnc2Cl)CC1. The Hall–Kier alpha value is -1.53. The van der Waals surface area contributed by atoms with Gasteiger partial charge in [-0.2, -0.15) is 4.98 Å². The zero-order valence-corrected chi connectivity index (χ0v) is 8.98. The molecule has 1 saturated carbocycles. The van der Waals surface area contributed by atoms with Crippen molar-refractivity contribution in [1.29, 1.82) is 0 Å². The quantitative estimate of drug-likeness (QED) is 0.842. The van der Waals surface area contributed by atoms with E-state index in [9.17, 15) is 0 Å². The molecule has 82 valence electrons. The molecule has 0 saturated heterocycles. The van der Waals surface area contributed by atoms with Gasteiger partial charge in [-0.15, -0.1) is 10.2 Å². The van der Waals surface area contributed by atoms with Crippen molar-refractivity contribution in [3.63, 3.8) is 0 Å². The van der Waals surface area contributed by atoms with Crippen molar-refractivity contribution in [2.75, 3.05) is 0 Å². The number of hydrogen-bond acceptors (Lipinski definition) is 6. The lowest BCUT2D eigenvalue weighted by Gasteiger charge is -2.10. The number of aromatic nitrogens is 4. The molecule has 1 aliphatic carbocycles. The lowest BCUT2D eigenvalue weighted by molar-refractivity contribution is 0.418. The fourth-order valence-electron chi connectivity index (χ4n) is 1.52. The maximum atomic E-state index is 6.07. The van der Waals surface area contributed by atoms with Crippen LogP contribution in [0.5, 0.6) is 0 Å². The fourth-order valence-corrected chi connectivity index (χ4v) is 1.80. The van der Waals surface area contributed by atoms with Gasteiger partial charge in [0.15, 0.2) is 5.15 Å². The fraction of sp³-hybridized carbons (Fsp3) is 0.333. The Balaban J connectivity index is 2.09. The molecule has 0 aromatic carbocycles. The summed E-state index contributed by atoms with van der Waals surface area (Å²) in [6, 6.07) is 1.77. The number of rotatable bonds is 2. The summed E-state index contributed by atoms with van der Waals surface area (Å²) < 4.78 is 4.65. The van der Waals surface area contributed by atoms with Crippen LogP contribution in [0.1, 0.15) is 18.4 Å². The summed E-state index contributed by atoms with van der Waals surface area (Å²) in [4.78, 5) is 3.90. The van der Waals surface area contributed by atoms with Gasteiger partial charge in [-0.1, -0.05) is 16.8 Å². The summed E-state index contributed by atoms with van der Waals surface area (Å²) >= 11 is 5.96. The monoisotopic (exact) mass is 237 g/mol. The van der Waals surface area contributed by atoms with Crippen molar-refractivity contribution in [3.05, 3.63) is 23.2 Å². The predicted octanol–water partition coefficient (Wildman–Crippen LogP) is 1.13. The molecule has 0 amide bonds. The second kappa shape index (κ2) is 3.23. The van der Waals surface area contributed by atoms with Gasteiger partial charge in [0, 0.05) is 11.1 Å². The molecule has 2 heterocycles. The second-order valence-electron chi connectivity index (χ2n) is 3.85. The third-order valence-electron chi connectivity index (χ3n) is 2.66. The standard InChI is InChI=1S/C9H8ClN5O/c10-7-5(9(11)1-2-9)3-6(13-14-7)8-12-4-16-15-8/h3-4H,1-2,11H2. The van der Waals surface area contributed by atoms with E-state index in [1.807, 2.05) is 0 Å². The van der Waals surface area contributed by atoms with E-state index in [4.69, 9.17) is 17.3 Å². The van der Waals surface area contributed by atoms with Gasteiger partial charge in [0.2, 0.25) is 12.2 Å². The highest BCUT2D eigenvalue weighted by atomic mass is 35.5. The zero-order chi connectivity index (χ0) is 11.2. The lowest BCUT2D eigenvalue weighted by atomic mass is 10.1. The summed E-state index contributed by atoms with van der Waals surface area (Å²) in [6.07, 6.45) is 3.05. The van der Waals surface area contributed by atoms with Gasteiger partial charge in [0.05, 0.1) is 0 Å². The topological polar surface area (TPSA) is 90.7 Å². The van der Waals surface area contributed by atoms with Crippen molar-refractivity contribution in [3.8, 4) is 11.5 Å². The van der Waals surface area contributed by atoms with Crippen molar-refractivity contribution < 1.29 is 4.52 Å². The second-order valence-corrected chi connectivity index (χ2v) is 4.20. The van der Waals surface area contributed by atoms with E-state index in [-0.39, 0.29) is 5.54 Å². The normalized spacial score (nSPS) is 17.4. The first-order valence-electron chi connectivity index (χ1n) is 4.78. The van der Waals surface area contributed by atoms with Crippen LogP contribution in [0.15, 0.2) is 17.0 Å². The Labute approximate surface area is 95.8 Å². The van der Waals surface area contributed by atoms with E-state index in [1.54, 1.807) is 6.07 Å². The van der Waals surface area contributed by atoms with Crippen LogP contribution in [0.2, 0.25) is 5.15 Å². The maximum Gasteiger partial charge on any atom is 0.222 e. The van der Waals surface area contributed by atoms with Gasteiger partial charge in [-0.3, -0.25) is 0 Å². The average Bonchev–Trinajstić information content (AvgIpc) is 2.83. The van der Waals surface area contributed by atoms with Crippen molar-refractivity contribution in [1.82, 2.24) is 20.3 Å². The largest absolute Gasteiger partial charge is 0.342 e. The van der Waals surface area contributed by atoms with Gasteiger partial charge in [-0.25, -0.2) is 0 Å². The number of hydrogen-bond donors (Lipinski definition) is 1. The highest BCUT2D eigenvalue weighted by molar-refractivity contribution is 6.30. The highest BCUT2D eigenvalue weighted by Gasteiger charge is 2.42. The van der Waals surface area contributed by atoms with E-state index in [0.29, 0.717) is 16.7 Å². The molecular weight excluding hydrogens is 230 g/mol. The molecule has 1 fully saturated rings. The Kier molecular flexibility index (Phi) is 1.95. The first kappa shape index (κ1) is 9.68. The van der Waals surface area contributed by atoms with Crippen LogP contribution in [0.25, 0.3) is 11.5 Å². The van der Waals surface area contributed by atoms with Crippen LogP contribution < -0.4 is 5.73 Å². The van der Waals surface area contributed by atoms with E-state index < -0.39 is 0 Å². The molecule has 2 N–H and O–H groups in total. The van der Waals surface area contributed by atoms with E-state index >= 15 is 0 Å². The minimum Gasteiger partial charge on any atom is -0.342 e.